The molecule has 2 N–H and O–H groups in total. The van der Waals surface area contributed by atoms with Crippen molar-refractivity contribution in [2.75, 3.05) is 12.8 Å². The van der Waals surface area contributed by atoms with Crippen LogP contribution in [0.2, 0.25) is 0 Å². The van der Waals surface area contributed by atoms with E-state index in [1.165, 1.54) is 12.8 Å². The van der Waals surface area contributed by atoms with Crippen molar-refractivity contribution in [1.29, 1.82) is 0 Å². The molecule has 1 fully saturated rings. The van der Waals surface area contributed by atoms with Crippen LogP contribution in [-0.4, -0.2) is 21.9 Å². The highest BCUT2D eigenvalue weighted by molar-refractivity contribution is 5.72. The fourth-order valence-electron chi connectivity index (χ4n) is 1.87. The Labute approximate surface area is 99.2 Å². The predicted molar refractivity (Wildman–Crippen MR) is 64.7 cm³/mol. The molecule has 1 aliphatic carbocycles. The molecule has 0 amide bonds. The maximum absolute atomic E-state index is 5.86. The van der Waals surface area contributed by atoms with E-state index in [2.05, 4.69) is 10.1 Å². The van der Waals surface area contributed by atoms with Gasteiger partial charge in [0.25, 0.3) is 0 Å². The lowest BCUT2D eigenvalue weighted by Crippen LogP contribution is -1.97. The number of hydrogen-bond donors (Lipinski definition) is 1. The van der Waals surface area contributed by atoms with Crippen molar-refractivity contribution >= 4 is 5.69 Å². The molecule has 1 aromatic carbocycles. The fourth-order valence-corrected chi connectivity index (χ4v) is 1.87. The van der Waals surface area contributed by atoms with Gasteiger partial charge in [0.15, 0.2) is 11.6 Å². The minimum absolute atomic E-state index is 0.531. The van der Waals surface area contributed by atoms with Gasteiger partial charge < -0.3 is 10.5 Å². The molecule has 0 atom stereocenters. The van der Waals surface area contributed by atoms with E-state index >= 15 is 0 Å². The molecular formula is C12H14N4O. The van der Waals surface area contributed by atoms with E-state index in [-0.39, 0.29) is 0 Å². The summed E-state index contributed by atoms with van der Waals surface area (Å²) in [4.78, 5) is 4.31. The first-order valence-electron chi connectivity index (χ1n) is 5.63. The van der Waals surface area contributed by atoms with Gasteiger partial charge in [0.1, 0.15) is 6.33 Å². The van der Waals surface area contributed by atoms with E-state index in [1.54, 1.807) is 19.5 Å². The average Bonchev–Trinajstić information content (AvgIpc) is 3.07. The van der Waals surface area contributed by atoms with Gasteiger partial charge in [-0.15, -0.1) is 0 Å². The topological polar surface area (TPSA) is 66.0 Å². The zero-order chi connectivity index (χ0) is 11.8. The normalized spacial score (nSPS) is 14.9. The number of para-hydroxylation sites is 1. The lowest BCUT2D eigenvalue weighted by Gasteiger charge is -2.07. The number of ether oxygens (including phenoxy) is 1. The Morgan fingerprint density at radius 2 is 2.24 bits per heavy atom. The second kappa shape index (κ2) is 3.76. The first-order chi connectivity index (χ1) is 8.29. The summed E-state index contributed by atoms with van der Waals surface area (Å²) in [7, 11) is 1.60. The second-order valence-corrected chi connectivity index (χ2v) is 4.21. The minimum Gasteiger partial charge on any atom is -0.494 e. The molecule has 17 heavy (non-hydrogen) atoms. The summed E-state index contributed by atoms with van der Waals surface area (Å²) in [6.45, 7) is 0. The van der Waals surface area contributed by atoms with Crippen molar-refractivity contribution in [3.63, 3.8) is 0 Å². The highest BCUT2D eigenvalue weighted by atomic mass is 16.5. The van der Waals surface area contributed by atoms with Gasteiger partial charge in [-0.1, -0.05) is 6.07 Å². The van der Waals surface area contributed by atoms with E-state index in [9.17, 15) is 0 Å². The van der Waals surface area contributed by atoms with Gasteiger partial charge in [0, 0.05) is 0 Å². The molecule has 0 bridgehead atoms. The molecule has 5 heteroatoms. The van der Waals surface area contributed by atoms with E-state index in [0.717, 1.165) is 5.56 Å². The first kappa shape index (κ1) is 10.1. The number of nitrogen functional groups attached to an aromatic ring is 1. The monoisotopic (exact) mass is 230 g/mol. The molecule has 0 radical (unpaired) electrons. The third kappa shape index (κ3) is 1.73. The van der Waals surface area contributed by atoms with Crippen molar-refractivity contribution < 1.29 is 4.74 Å². The number of anilines is 1. The van der Waals surface area contributed by atoms with Crippen LogP contribution in [0.4, 0.5) is 5.69 Å². The smallest absolute Gasteiger partial charge is 0.184 e. The maximum Gasteiger partial charge on any atom is 0.184 e. The Balaban J connectivity index is 2.04. The zero-order valence-corrected chi connectivity index (χ0v) is 9.63. The summed E-state index contributed by atoms with van der Waals surface area (Å²) in [5.74, 6) is 1.31. The predicted octanol–water partition coefficient (Wildman–Crippen LogP) is 1.87. The van der Waals surface area contributed by atoms with Crippen LogP contribution in [0.15, 0.2) is 24.5 Å². The quantitative estimate of drug-likeness (QED) is 0.817. The average molecular weight is 230 g/mol. The Hall–Kier alpha value is -2.04. The maximum atomic E-state index is 5.86. The van der Waals surface area contributed by atoms with Crippen molar-refractivity contribution in [1.82, 2.24) is 14.8 Å². The zero-order valence-electron chi connectivity index (χ0n) is 9.63. The van der Waals surface area contributed by atoms with Gasteiger partial charge in [-0.3, -0.25) is 0 Å². The Morgan fingerprint density at radius 3 is 2.94 bits per heavy atom. The van der Waals surface area contributed by atoms with Crippen molar-refractivity contribution in [2.45, 2.75) is 18.9 Å². The molecule has 2 aromatic rings. The number of hydrogen-bond acceptors (Lipinski definition) is 4. The van der Waals surface area contributed by atoms with Crippen LogP contribution in [0.25, 0.3) is 11.4 Å². The van der Waals surface area contributed by atoms with Gasteiger partial charge in [-0.05, 0) is 25.0 Å². The summed E-state index contributed by atoms with van der Waals surface area (Å²) < 4.78 is 7.22. The van der Waals surface area contributed by atoms with Gasteiger partial charge in [-0.25, -0.2) is 9.67 Å². The van der Waals surface area contributed by atoms with Crippen molar-refractivity contribution in [3.05, 3.63) is 24.5 Å². The standard InChI is InChI=1S/C12H14N4O/c1-17-11-9(3-2-4-10(11)13)12-14-7-16(15-12)8-5-6-8/h2-4,7-8H,5-6,13H2,1H3. The number of aromatic nitrogens is 3. The molecule has 1 aromatic heterocycles. The van der Waals surface area contributed by atoms with Gasteiger partial charge in [0.05, 0.1) is 24.4 Å². The number of methoxy groups -OCH3 is 1. The van der Waals surface area contributed by atoms with Gasteiger partial charge >= 0.3 is 0 Å². The summed E-state index contributed by atoms with van der Waals surface area (Å²) in [5, 5.41) is 4.46. The summed E-state index contributed by atoms with van der Waals surface area (Å²) >= 11 is 0. The van der Waals surface area contributed by atoms with Gasteiger partial charge in [-0.2, -0.15) is 5.10 Å². The highest BCUT2D eigenvalue weighted by Crippen LogP contribution is 2.36. The van der Waals surface area contributed by atoms with Crippen LogP contribution in [0.5, 0.6) is 5.75 Å². The van der Waals surface area contributed by atoms with Crippen LogP contribution in [0, 0.1) is 0 Å². The minimum atomic E-state index is 0.531. The first-order valence-corrected chi connectivity index (χ1v) is 5.63. The van der Waals surface area contributed by atoms with Crippen LogP contribution < -0.4 is 10.5 Å². The highest BCUT2D eigenvalue weighted by Gasteiger charge is 2.25. The van der Waals surface area contributed by atoms with E-state index in [0.29, 0.717) is 23.3 Å². The number of nitrogens with zero attached hydrogens (tertiary/aromatic N) is 3. The summed E-state index contributed by atoms with van der Waals surface area (Å²) in [6.07, 6.45) is 4.16. The lowest BCUT2D eigenvalue weighted by molar-refractivity contribution is 0.418. The number of rotatable bonds is 3. The van der Waals surface area contributed by atoms with E-state index in [4.69, 9.17) is 10.5 Å². The Bertz CT molecular complexity index is 545. The third-order valence-electron chi connectivity index (χ3n) is 2.92. The number of benzene rings is 1. The van der Waals surface area contributed by atoms with Crippen LogP contribution in [-0.2, 0) is 0 Å². The van der Waals surface area contributed by atoms with Crippen LogP contribution >= 0.6 is 0 Å². The van der Waals surface area contributed by atoms with E-state index < -0.39 is 0 Å². The van der Waals surface area contributed by atoms with E-state index in [1.807, 2.05) is 16.8 Å². The second-order valence-electron chi connectivity index (χ2n) is 4.21. The molecule has 0 aliphatic heterocycles. The van der Waals surface area contributed by atoms with Gasteiger partial charge in [0.2, 0.25) is 0 Å². The fraction of sp³-hybridized carbons (Fsp3) is 0.333. The summed E-state index contributed by atoms with van der Waals surface area (Å²) in [5.41, 5.74) is 7.30. The third-order valence-corrected chi connectivity index (χ3v) is 2.92. The summed E-state index contributed by atoms with van der Waals surface area (Å²) in [6, 6.07) is 6.13. The molecule has 0 spiro atoms. The molecule has 1 saturated carbocycles. The van der Waals surface area contributed by atoms with Crippen LogP contribution in [0.1, 0.15) is 18.9 Å². The lowest BCUT2D eigenvalue weighted by atomic mass is 10.1. The molecule has 1 aliphatic rings. The molecule has 1 heterocycles. The Morgan fingerprint density at radius 1 is 1.41 bits per heavy atom. The van der Waals surface area contributed by atoms with Crippen molar-refractivity contribution in [2.24, 2.45) is 0 Å². The molecule has 88 valence electrons. The van der Waals surface area contributed by atoms with Crippen LogP contribution in [0.3, 0.4) is 0 Å². The SMILES string of the molecule is COc1c(N)cccc1-c1ncn(C2CC2)n1. The molecule has 0 unspecified atom stereocenters. The molecule has 0 saturated heterocycles. The largest absolute Gasteiger partial charge is 0.494 e. The molecule has 5 nitrogen and oxygen atoms in total. The van der Waals surface area contributed by atoms with Crippen molar-refractivity contribution in [3.8, 4) is 17.1 Å². The number of nitrogens with two attached hydrogens (primary N) is 1. The molecular weight excluding hydrogens is 216 g/mol. The molecule has 3 rings (SSSR count). The Kier molecular flexibility index (Phi) is 2.24.